The van der Waals surface area contributed by atoms with Crippen LogP contribution in [-0.2, 0) is 9.63 Å². The minimum atomic E-state index is -0.251. The van der Waals surface area contributed by atoms with Gasteiger partial charge in [-0.3, -0.25) is 9.63 Å². The number of amides is 1. The summed E-state index contributed by atoms with van der Waals surface area (Å²) >= 11 is 0. The first-order chi connectivity index (χ1) is 11.3. The van der Waals surface area contributed by atoms with Crippen molar-refractivity contribution in [3.63, 3.8) is 0 Å². The van der Waals surface area contributed by atoms with E-state index >= 15 is 0 Å². The van der Waals surface area contributed by atoms with Crippen LogP contribution in [0.1, 0.15) is 22.3 Å². The molecule has 0 unspecified atom stereocenters. The SMILES string of the molecule is CON(C)C(=O)/C=C/c1c(C)cc(C)cc1-c1ccc(F)c(C)c1. The van der Waals surface area contributed by atoms with Gasteiger partial charge in [0.1, 0.15) is 5.82 Å². The molecule has 1 amide bonds. The van der Waals surface area contributed by atoms with E-state index in [9.17, 15) is 9.18 Å². The summed E-state index contributed by atoms with van der Waals surface area (Å²) in [5.74, 6) is -0.476. The van der Waals surface area contributed by atoms with Crippen LogP contribution in [0.15, 0.2) is 36.4 Å². The molecule has 0 spiro atoms. The molecule has 0 heterocycles. The number of hydrogen-bond donors (Lipinski definition) is 0. The lowest BCUT2D eigenvalue weighted by Crippen LogP contribution is -2.22. The molecule has 0 aliphatic carbocycles. The molecule has 0 aliphatic heterocycles. The molecule has 0 saturated carbocycles. The fourth-order valence-electron chi connectivity index (χ4n) is 2.60. The predicted octanol–water partition coefficient (Wildman–Crippen LogP) is 4.45. The third kappa shape index (κ3) is 3.89. The van der Waals surface area contributed by atoms with Gasteiger partial charge in [0.15, 0.2) is 0 Å². The molecule has 2 aromatic carbocycles. The number of nitrogens with zero attached hydrogens (tertiary/aromatic N) is 1. The average Bonchev–Trinajstić information content (AvgIpc) is 2.54. The average molecular weight is 327 g/mol. The quantitative estimate of drug-likeness (QED) is 0.613. The zero-order valence-electron chi connectivity index (χ0n) is 14.7. The van der Waals surface area contributed by atoms with E-state index in [-0.39, 0.29) is 11.7 Å². The predicted molar refractivity (Wildman–Crippen MR) is 94.9 cm³/mol. The molecule has 126 valence electrons. The molecule has 3 nitrogen and oxygen atoms in total. The molecule has 0 fully saturated rings. The van der Waals surface area contributed by atoms with E-state index < -0.39 is 0 Å². The summed E-state index contributed by atoms with van der Waals surface area (Å²) in [6.07, 6.45) is 3.25. The van der Waals surface area contributed by atoms with Gasteiger partial charge in [-0.2, -0.15) is 0 Å². The molecule has 0 aromatic heterocycles. The van der Waals surface area contributed by atoms with Crippen molar-refractivity contribution in [2.45, 2.75) is 20.8 Å². The van der Waals surface area contributed by atoms with Gasteiger partial charge < -0.3 is 0 Å². The van der Waals surface area contributed by atoms with Crippen LogP contribution < -0.4 is 0 Å². The topological polar surface area (TPSA) is 29.5 Å². The van der Waals surface area contributed by atoms with Crippen molar-refractivity contribution in [3.8, 4) is 11.1 Å². The third-order valence-electron chi connectivity index (χ3n) is 3.98. The third-order valence-corrected chi connectivity index (χ3v) is 3.98. The number of hydroxylamine groups is 2. The maximum absolute atomic E-state index is 13.6. The number of aryl methyl sites for hydroxylation is 3. The van der Waals surface area contributed by atoms with Gasteiger partial charge in [-0.15, -0.1) is 0 Å². The number of carbonyl (C=O) groups is 1. The van der Waals surface area contributed by atoms with Crippen molar-refractivity contribution < 1.29 is 14.0 Å². The van der Waals surface area contributed by atoms with Crippen LogP contribution in [0.3, 0.4) is 0 Å². The Bertz CT molecular complexity index is 796. The summed E-state index contributed by atoms with van der Waals surface area (Å²) in [5, 5.41) is 1.15. The van der Waals surface area contributed by atoms with E-state index in [0.29, 0.717) is 5.56 Å². The fraction of sp³-hybridized carbons (Fsp3) is 0.250. The Morgan fingerprint density at radius 1 is 1.12 bits per heavy atom. The summed E-state index contributed by atoms with van der Waals surface area (Å²) in [5.41, 5.74) is 5.59. The monoisotopic (exact) mass is 327 g/mol. The van der Waals surface area contributed by atoms with E-state index in [1.54, 1.807) is 26.1 Å². The Hall–Kier alpha value is -2.46. The second-order valence-corrected chi connectivity index (χ2v) is 5.86. The van der Waals surface area contributed by atoms with Crippen molar-refractivity contribution in [1.82, 2.24) is 5.06 Å². The molecule has 0 atom stereocenters. The first kappa shape index (κ1) is 17.9. The second kappa shape index (κ2) is 7.41. The standard InChI is InChI=1S/C20H22FNO2/c1-13-10-14(2)17(7-9-20(23)22(4)24-5)18(11-13)16-6-8-19(21)15(3)12-16/h6-12H,1-5H3/b9-7+. The van der Waals surface area contributed by atoms with Crippen LogP contribution in [0.5, 0.6) is 0 Å². The van der Waals surface area contributed by atoms with Gasteiger partial charge in [0.05, 0.1) is 7.11 Å². The van der Waals surface area contributed by atoms with Gasteiger partial charge in [-0.05, 0) is 66.8 Å². The number of likely N-dealkylation sites (N-methyl/N-ethyl adjacent to an activating group) is 1. The fourth-order valence-corrected chi connectivity index (χ4v) is 2.60. The Labute approximate surface area is 142 Å². The molecule has 2 aromatic rings. The Morgan fingerprint density at radius 3 is 2.46 bits per heavy atom. The normalized spacial score (nSPS) is 11.1. The first-order valence-corrected chi connectivity index (χ1v) is 7.71. The van der Waals surface area contributed by atoms with Crippen molar-refractivity contribution in [2.24, 2.45) is 0 Å². The van der Waals surface area contributed by atoms with Crippen LogP contribution in [0.2, 0.25) is 0 Å². The second-order valence-electron chi connectivity index (χ2n) is 5.86. The minimum absolute atomic E-state index is 0.225. The molecule has 0 radical (unpaired) electrons. The zero-order chi connectivity index (χ0) is 17.9. The molecule has 2 rings (SSSR count). The van der Waals surface area contributed by atoms with Crippen LogP contribution in [0.25, 0.3) is 17.2 Å². The number of benzene rings is 2. The number of rotatable bonds is 4. The van der Waals surface area contributed by atoms with Crippen LogP contribution in [0, 0.1) is 26.6 Å². The lowest BCUT2D eigenvalue weighted by Gasteiger charge is -2.14. The summed E-state index contributed by atoms with van der Waals surface area (Å²) in [7, 11) is 2.99. The number of hydrogen-bond acceptors (Lipinski definition) is 2. The number of halogens is 1. The lowest BCUT2D eigenvalue weighted by molar-refractivity contribution is -0.162. The lowest BCUT2D eigenvalue weighted by atomic mass is 9.92. The smallest absolute Gasteiger partial charge is 0.269 e. The molecule has 4 heteroatoms. The Kier molecular flexibility index (Phi) is 5.52. The maximum Gasteiger partial charge on any atom is 0.269 e. The molecular weight excluding hydrogens is 305 g/mol. The van der Waals surface area contributed by atoms with Gasteiger partial charge in [0.2, 0.25) is 0 Å². The van der Waals surface area contributed by atoms with Crippen LogP contribution >= 0.6 is 0 Å². The van der Waals surface area contributed by atoms with Crippen molar-refractivity contribution >= 4 is 12.0 Å². The van der Waals surface area contributed by atoms with E-state index in [1.165, 1.54) is 19.3 Å². The molecular formula is C20H22FNO2. The first-order valence-electron chi connectivity index (χ1n) is 7.71. The minimum Gasteiger partial charge on any atom is -0.274 e. The van der Waals surface area contributed by atoms with Gasteiger partial charge in [0, 0.05) is 13.1 Å². The molecule has 0 saturated heterocycles. The van der Waals surface area contributed by atoms with Gasteiger partial charge in [0.25, 0.3) is 5.91 Å². The summed E-state index contributed by atoms with van der Waals surface area (Å²) in [4.78, 5) is 16.8. The maximum atomic E-state index is 13.6. The van der Waals surface area contributed by atoms with Crippen molar-refractivity contribution in [1.29, 1.82) is 0 Å². The van der Waals surface area contributed by atoms with E-state index in [0.717, 1.165) is 32.9 Å². The van der Waals surface area contributed by atoms with E-state index in [1.807, 2.05) is 26.0 Å². The van der Waals surface area contributed by atoms with Crippen molar-refractivity contribution in [2.75, 3.05) is 14.2 Å². The molecule has 24 heavy (non-hydrogen) atoms. The summed E-state index contributed by atoms with van der Waals surface area (Å²) in [6, 6.07) is 9.16. The molecule has 0 N–H and O–H groups in total. The Morgan fingerprint density at radius 2 is 1.83 bits per heavy atom. The van der Waals surface area contributed by atoms with E-state index in [4.69, 9.17) is 4.84 Å². The molecule has 0 aliphatic rings. The highest BCUT2D eigenvalue weighted by molar-refractivity contribution is 5.93. The highest BCUT2D eigenvalue weighted by Gasteiger charge is 2.10. The van der Waals surface area contributed by atoms with Gasteiger partial charge >= 0.3 is 0 Å². The number of carbonyl (C=O) groups excluding carboxylic acids is 1. The Balaban J connectivity index is 2.53. The van der Waals surface area contributed by atoms with Crippen LogP contribution in [-0.4, -0.2) is 25.1 Å². The largest absolute Gasteiger partial charge is 0.274 e. The van der Waals surface area contributed by atoms with E-state index in [2.05, 4.69) is 6.07 Å². The molecule has 0 bridgehead atoms. The highest BCUT2D eigenvalue weighted by atomic mass is 19.1. The highest BCUT2D eigenvalue weighted by Crippen LogP contribution is 2.30. The zero-order valence-corrected chi connectivity index (χ0v) is 14.7. The summed E-state index contributed by atoms with van der Waals surface area (Å²) in [6.45, 7) is 5.76. The van der Waals surface area contributed by atoms with Crippen molar-refractivity contribution in [3.05, 3.63) is 64.5 Å². The van der Waals surface area contributed by atoms with Crippen LogP contribution in [0.4, 0.5) is 4.39 Å². The van der Waals surface area contributed by atoms with Gasteiger partial charge in [-0.1, -0.05) is 23.8 Å². The summed E-state index contributed by atoms with van der Waals surface area (Å²) < 4.78 is 13.6. The van der Waals surface area contributed by atoms with Gasteiger partial charge in [-0.25, -0.2) is 9.45 Å².